The Bertz CT molecular complexity index is 488. The highest BCUT2D eigenvalue weighted by atomic mass is 16.6. The molecule has 0 saturated carbocycles. The van der Waals surface area contributed by atoms with Gasteiger partial charge in [-0.3, -0.25) is 14.9 Å². The van der Waals surface area contributed by atoms with E-state index in [1.54, 1.807) is 6.07 Å². The van der Waals surface area contributed by atoms with Crippen molar-refractivity contribution in [3.63, 3.8) is 0 Å². The lowest BCUT2D eigenvalue weighted by Crippen LogP contribution is -1.98. The number of hydrogen-bond acceptors (Lipinski definition) is 5. The van der Waals surface area contributed by atoms with Crippen molar-refractivity contribution in [1.82, 2.24) is 0 Å². The fourth-order valence-corrected chi connectivity index (χ4v) is 1.10. The number of Topliss-reactive ketones (excluding diaryl/α,β-unsaturated/α-hetero) is 1. The van der Waals surface area contributed by atoms with Gasteiger partial charge in [-0.05, 0) is 6.92 Å². The molecule has 76 valence electrons. The lowest BCUT2D eigenvalue weighted by molar-refractivity contribution is -0.385. The molecule has 0 aliphatic rings. The van der Waals surface area contributed by atoms with Crippen LogP contribution in [0.5, 0.6) is 5.75 Å². The van der Waals surface area contributed by atoms with Crippen molar-refractivity contribution in [3.05, 3.63) is 33.4 Å². The summed E-state index contributed by atoms with van der Waals surface area (Å²) in [5.74, 6) is -0.926. The van der Waals surface area contributed by atoms with E-state index in [1.165, 1.54) is 6.92 Å². The van der Waals surface area contributed by atoms with Crippen LogP contribution in [0.1, 0.15) is 22.8 Å². The summed E-state index contributed by atoms with van der Waals surface area (Å²) >= 11 is 0. The van der Waals surface area contributed by atoms with Gasteiger partial charge in [-0.15, -0.1) is 0 Å². The van der Waals surface area contributed by atoms with E-state index in [-0.39, 0.29) is 11.1 Å². The third-order valence-corrected chi connectivity index (χ3v) is 1.81. The number of nitro groups is 1. The molecule has 15 heavy (non-hydrogen) atoms. The van der Waals surface area contributed by atoms with Crippen LogP contribution >= 0.6 is 0 Å². The van der Waals surface area contributed by atoms with Crippen molar-refractivity contribution in [3.8, 4) is 11.8 Å². The monoisotopic (exact) mass is 206 g/mol. The molecule has 1 aromatic rings. The number of nitriles is 1. The molecule has 0 fully saturated rings. The average molecular weight is 206 g/mol. The standard InChI is InChI=1S/C9H6N2O4/c1-5(12)7-3-8(11(14)15)6(4-10)2-9(7)13/h2-3,13H,1H3. The Kier molecular flexibility index (Phi) is 2.67. The molecule has 0 spiro atoms. The van der Waals surface area contributed by atoms with Crippen LogP contribution in [-0.4, -0.2) is 15.8 Å². The molecule has 0 aromatic heterocycles. The van der Waals surface area contributed by atoms with Crippen LogP contribution in [0, 0.1) is 21.4 Å². The van der Waals surface area contributed by atoms with Gasteiger partial charge in [-0.1, -0.05) is 0 Å². The second kappa shape index (κ2) is 3.75. The van der Waals surface area contributed by atoms with Crippen molar-refractivity contribution < 1.29 is 14.8 Å². The van der Waals surface area contributed by atoms with Gasteiger partial charge in [0.2, 0.25) is 0 Å². The van der Waals surface area contributed by atoms with Crippen molar-refractivity contribution >= 4 is 11.5 Å². The second-order valence-corrected chi connectivity index (χ2v) is 2.81. The van der Waals surface area contributed by atoms with Crippen molar-refractivity contribution in [2.45, 2.75) is 6.92 Å². The van der Waals surface area contributed by atoms with E-state index >= 15 is 0 Å². The first-order valence-corrected chi connectivity index (χ1v) is 3.89. The number of nitrogens with zero attached hydrogens (tertiary/aromatic N) is 2. The summed E-state index contributed by atoms with van der Waals surface area (Å²) < 4.78 is 0. The van der Waals surface area contributed by atoms with Gasteiger partial charge >= 0.3 is 0 Å². The van der Waals surface area contributed by atoms with E-state index in [2.05, 4.69) is 0 Å². The number of rotatable bonds is 2. The van der Waals surface area contributed by atoms with Gasteiger partial charge in [-0.25, -0.2) is 0 Å². The topological polar surface area (TPSA) is 104 Å². The molecule has 0 aliphatic carbocycles. The van der Waals surface area contributed by atoms with E-state index in [0.29, 0.717) is 0 Å². The van der Waals surface area contributed by atoms with Crippen LogP contribution in [0.3, 0.4) is 0 Å². The molecule has 1 aromatic carbocycles. The SMILES string of the molecule is CC(=O)c1cc([N+](=O)[O-])c(C#N)cc1O. The van der Waals surface area contributed by atoms with Crippen LogP contribution < -0.4 is 0 Å². The number of phenols is 1. The molecule has 0 unspecified atom stereocenters. The fourth-order valence-electron chi connectivity index (χ4n) is 1.10. The van der Waals surface area contributed by atoms with E-state index in [4.69, 9.17) is 5.26 Å². The number of carbonyl (C=O) groups is 1. The minimum Gasteiger partial charge on any atom is -0.507 e. The summed E-state index contributed by atoms with van der Waals surface area (Å²) in [7, 11) is 0. The summed E-state index contributed by atoms with van der Waals surface area (Å²) in [6.07, 6.45) is 0. The predicted molar refractivity (Wildman–Crippen MR) is 49.5 cm³/mol. The van der Waals surface area contributed by atoms with Gasteiger partial charge in [0.25, 0.3) is 5.69 Å². The molecule has 6 nitrogen and oxygen atoms in total. The Morgan fingerprint density at radius 2 is 2.20 bits per heavy atom. The van der Waals surface area contributed by atoms with Gasteiger partial charge in [0.1, 0.15) is 17.4 Å². The molecular weight excluding hydrogens is 200 g/mol. The number of nitro benzene ring substituents is 1. The zero-order valence-electron chi connectivity index (χ0n) is 7.72. The summed E-state index contributed by atoms with van der Waals surface area (Å²) in [4.78, 5) is 20.7. The Balaban J connectivity index is 3.52. The molecule has 0 radical (unpaired) electrons. The van der Waals surface area contributed by atoms with Crippen molar-refractivity contribution in [2.24, 2.45) is 0 Å². The number of phenolic OH excluding ortho intramolecular Hbond substituents is 1. The maximum absolute atomic E-state index is 11.0. The first kappa shape index (κ1) is 10.7. The fraction of sp³-hybridized carbons (Fsp3) is 0.111. The molecule has 0 bridgehead atoms. The third kappa shape index (κ3) is 1.91. The maximum atomic E-state index is 11.0. The maximum Gasteiger partial charge on any atom is 0.288 e. The van der Waals surface area contributed by atoms with E-state index in [0.717, 1.165) is 12.1 Å². The van der Waals surface area contributed by atoms with Crippen LogP contribution in [0.15, 0.2) is 12.1 Å². The predicted octanol–water partition coefficient (Wildman–Crippen LogP) is 1.37. The second-order valence-electron chi connectivity index (χ2n) is 2.81. The Morgan fingerprint density at radius 3 is 2.60 bits per heavy atom. The highest BCUT2D eigenvalue weighted by Gasteiger charge is 2.19. The quantitative estimate of drug-likeness (QED) is 0.447. The Labute approximate surface area is 84.5 Å². The Morgan fingerprint density at radius 1 is 1.60 bits per heavy atom. The number of ketones is 1. The molecule has 0 saturated heterocycles. The minimum absolute atomic E-state index is 0.166. The summed E-state index contributed by atoms with van der Waals surface area (Å²) in [6, 6.07) is 3.38. The highest BCUT2D eigenvalue weighted by Crippen LogP contribution is 2.27. The number of benzene rings is 1. The summed E-state index contributed by atoms with van der Waals surface area (Å²) in [6.45, 7) is 1.17. The van der Waals surface area contributed by atoms with Crippen LogP contribution in [-0.2, 0) is 0 Å². The van der Waals surface area contributed by atoms with Gasteiger partial charge in [-0.2, -0.15) is 5.26 Å². The van der Waals surface area contributed by atoms with Gasteiger partial charge in [0, 0.05) is 12.1 Å². The van der Waals surface area contributed by atoms with Crippen LogP contribution in [0.2, 0.25) is 0 Å². The molecule has 1 rings (SSSR count). The lowest BCUT2D eigenvalue weighted by atomic mass is 10.1. The molecule has 6 heteroatoms. The normalized spacial score (nSPS) is 9.33. The average Bonchev–Trinajstić information content (AvgIpc) is 2.16. The molecular formula is C9H6N2O4. The van der Waals surface area contributed by atoms with Crippen LogP contribution in [0.25, 0.3) is 0 Å². The van der Waals surface area contributed by atoms with E-state index in [1.807, 2.05) is 0 Å². The van der Waals surface area contributed by atoms with E-state index in [9.17, 15) is 20.0 Å². The molecule has 0 heterocycles. The number of aromatic hydroxyl groups is 1. The summed E-state index contributed by atoms with van der Waals surface area (Å²) in [5, 5.41) is 28.4. The van der Waals surface area contributed by atoms with E-state index < -0.39 is 22.1 Å². The van der Waals surface area contributed by atoms with Crippen molar-refractivity contribution in [2.75, 3.05) is 0 Å². The number of carbonyl (C=O) groups excluding carboxylic acids is 1. The largest absolute Gasteiger partial charge is 0.507 e. The minimum atomic E-state index is -0.773. The third-order valence-electron chi connectivity index (χ3n) is 1.81. The number of hydrogen-bond donors (Lipinski definition) is 1. The zero-order chi connectivity index (χ0) is 11.6. The molecule has 1 N–H and O–H groups in total. The van der Waals surface area contributed by atoms with Crippen LogP contribution in [0.4, 0.5) is 5.69 Å². The van der Waals surface area contributed by atoms with Gasteiger partial charge in [0.15, 0.2) is 5.78 Å². The highest BCUT2D eigenvalue weighted by molar-refractivity contribution is 5.97. The smallest absolute Gasteiger partial charge is 0.288 e. The first-order valence-electron chi connectivity index (χ1n) is 3.89. The van der Waals surface area contributed by atoms with Gasteiger partial charge in [0.05, 0.1) is 10.5 Å². The molecule has 0 amide bonds. The Hall–Kier alpha value is -2.42. The summed E-state index contributed by atoms with van der Waals surface area (Å²) in [5.41, 5.74) is -0.927. The lowest BCUT2D eigenvalue weighted by Gasteiger charge is -2.01. The zero-order valence-corrected chi connectivity index (χ0v) is 7.72. The molecule has 0 aliphatic heterocycles. The molecule has 0 atom stereocenters. The van der Waals surface area contributed by atoms with Crippen molar-refractivity contribution in [1.29, 1.82) is 5.26 Å². The first-order chi connectivity index (χ1) is 6.97. The van der Waals surface area contributed by atoms with Gasteiger partial charge < -0.3 is 5.11 Å².